The topological polar surface area (TPSA) is 41.9 Å². The molecule has 1 fully saturated rings. The van der Waals surface area contributed by atoms with E-state index in [1.54, 1.807) is 0 Å². The second kappa shape index (κ2) is 11.5. The van der Waals surface area contributed by atoms with Crippen molar-refractivity contribution < 1.29 is 14.6 Å². The molecule has 1 N–H and O–H groups in total. The smallest absolute Gasteiger partial charge is 0.119 e. The molecule has 0 unspecified atom stereocenters. The highest BCUT2D eigenvalue weighted by atomic mass is 16.5. The van der Waals surface area contributed by atoms with Crippen molar-refractivity contribution in [3.05, 3.63) is 102 Å². The van der Waals surface area contributed by atoms with Crippen LogP contribution < -0.4 is 4.74 Å². The number of aliphatic hydroxyl groups is 1. The van der Waals surface area contributed by atoms with E-state index in [-0.39, 0.29) is 5.92 Å². The van der Waals surface area contributed by atoms with E-state index in [1.807, 2.05) is 43.3 Å². The Hall–Kier alpha value is -2.66. The normalized spacial score (nSPS) is 17.3. The van der Waals surface area contributed by atoms with Crippen molar-refractivity contribution in [2.24, 2.45) is 0 Å². The highest BCUT2D eigenvalue weighted by Gasteiger charge is 2.40. The average molecular weight is 446 g/mol. The number of rotatable bonds is 10. The van der Waals surface area contributed by atoms with E-state index in [0.29, 0.717) is 13.0 Å². The quantitative estimate of drug-likeness (QED) is 0.476. The number of hydrogen-bond acceptors (Lipinski definition) is 4. The Morgan fingerprint density at radius 2 is 1.55 bits per heavy atom. The first-order valence-corrected chi connectivity index (χ1v) is 12.0. The third kappa shape index (κ3) is 6.02. The van der Waals surface area contributed by atoms with Gasteiger partial charge in [0.1, 0.15) is 5.75 Å². The van der Waals surface area contributed by atoms with Gasteiger partial charge in [0, 0.05) is 25.6 Å². The zero-order valence-electron chi connectivity index (χ0n) is 19.5. The van der Waals surface area contributed by atoms with Crippen molar-refractivity contribution in [1.82, 2.24) is 4.90 Å². The standard InChI is InChI=1S/C29H35NO3/c1-2-33-27-15-13-26(14-16-27)29(31,18-17-24-9-5-3-6-10-24)28(25-11-7-4-8-12-25)23-30-19-21-32-22-20-30/h3-16,28,31H,2,17-23H2,1H3/t28-,29-/m1/s1. The molecule has 0 amide bonds. The summed E-state index contributed by atoms with van der Waals surface area (Å²) in [5.74, 6) is 0.759. The summed E-state index contributed by atoms with van der Waals surface area (Å²) in [5, 5.41) is 12.5. The Balaban J connectivity index is 1.71. The first-order valence-electron chi connectivity index (χ1n) is 12.0. The summed E-state index contributed by atoms with van der Waals surface area (Å²) in [6.45, 7) is 6.66. The van der Waals surface area contributed by atoms with Crippen molar-refractivity contribution in [2.45, 2.75) is 31.3 Å². The molecule has 1 aliphatic heterocycles. The minimum atomic E-state index is -1.03. The van der Waals surface area contributed by atoms with Gasteiger partial charge in [-0.05, 0) is 48.6 Å². The van der Waals surface area contributed by atoms with Gasteiger partial charge < -0.3 is 14.6 Å². The Labute approximate surface area is 197 Å². The van der Waals surface area contributed by atoms with Crippen LogP contribution in [0.5, 0.6) is 5.75 Å². The molecular weight excluding hydrogens is 410 g/mol. The van der Waals surface area contributed by atoms with E-state index >= 15 is 0 Å². The van der Waals surface area contributed by atoms with E-state index < -0.39 is 5.60 Å². The number of aryl methyl sites for hydroxylation is 1. The molecule has 4 nitrogen and oxygen atoms in total. The number of nitrogens with zero attached hydrogens (tertiary/aromatic N) is 1. The molecule has 0 bridgehead atoms. The lowest BCUT2D eigenvalue weighted by Crippen LogP contribution is -2.45. The molecular formula is C29H35NO3. The van der Waals surface area contributed by atoms with Crippen LogP contribution in [0, 0.1) is 0 Å². The van der Waals surface area contributed by atoms with Gasteiger partial charge in [-0.2, -0.15) is 0 Å². The molecule has 3 aromatic rings. The van der Waals surface area contributed by atoms with Crippen LogP contribution in [0.2, 0.25) is 0 Å². The van der Waals surface area contributed by atoms with Crippen molar-refractivity contribution in [3.8, 4) is 5.75 Å². The Kier molecular flexibility index (Phi) is 8.16. The molecule has 3 aromatic carbocycles. The molecule has 33 heavy (non-hydrogen) atoms. The molecule has 1 heterocycles. The lowest BCUT2D eigenvalue weighted by Gasteiger charge is -2.41. The van der Waals surface area contributed by atoms with Crippen LogP contribution in [0.4, 0.5) is 0 Å². The Morgan fingerprint density at radius 1 is 0.909 bits per heavy atom. The van der Waals surface area contributed by atoms with Crippen molar-refractivity contribution in [2.75, 3.05) is 39.5 Å². The fourth-order valence-corrected chi connectivity index (χ4v) is 4.77. The van der Waals surface area contributed by atoms with Gasteiger partial charge >= 0.3 is 0 Å². The maximum absolute atomic E-state index is 12.5. The number of morpholine rings is 1. The van der Waals surface area contributed by atoms with E-state index in [4.69, 9.17) is 9.47 Å². The fraction of sp³-hybridized carbons (Fsp3) is 0.379. The lowest BCUT2D eigenvalue weighted by atomic mass is 9.73. The maximum atomic E-state index is 12.5. The van der Waals surface area contributed by atoms with Crippen LogP contribution in [0.3, 0.4) is 0 Å². The summed E-state index contributed by atoms with van der Waals surface area (Å²) in [6.07, 6.45) is 1.44. The zero-order valence-corrected chi connectivity index (χ0v) is 19.5. The molecule has 0 saturated carbocycles. The minimum Gasteiger partial charge on any atom is -0.494 e. The summed E-state index contributed by atoms with van der Waals surface area (Å²) in [6, 6.07) is 28.9. The van der Waals surface area contributed by atoms with Crippen molar-refractivity contribution in [3.63, 3.8) is 0 Å². The molecule has 0 radical (unpaired) electrons. The van der Waals surface area contributed by atoms with E-state index in [9.17, 15) is 5.11 Å². The molecule has 0 spiro atoms. The predicted octanol–water partition coefficient (Wildman–Crippen LogP) is 5.02. The highest BCUT2D eigenvalue weighted by Crippen LogP contribution is 2.42. The van der Waals surface area contributed by atoms with Crippen molar-refractivity contribution >= 4 is 0 Å². The number of benzene rings is 3. The molecule has 4 heteroatoms. The largest absolute Gasteiger partial charge is 0.494 e. The van der Waals surface area contributed by atoms with Gasteiger partial charge in [0.2, 0.25) is 0 Å². The summed E-state index contributed by atoms with van der Waals surface area (Å²) in [5.41, 5.74) is 2.30. The van der Waals surface area contributed by atoms with Gasteiger partial charge in [-0.15, -0.1) is 0 Å². The second-order valence-corrected chi connectivity index (χ2v) is 8.74. The molecule has 1 aliphatic rings. The van der Waals surface area contributed by atoms with E-state index in [1.165, 1.54) is 5.56 Å². The SMILES string of the molecule is CCOc1ccc([C@](O)(CCc2ccccc2)[C@H](CN2CCOCC2)c2ccccc2)cc1. The van der Waals surface area contributed by atoms with Crippen molar-refractivity contribution in [1.29, 1.82) is 0 Å². The summed E-state index contributed by atoms with van der Waals surface area (Å²) in [7, 11) is 0. The Morgan fingerprint density at radius 3 is 2.18 bits per heavy atom. The van der Waals surface area contributed by atoms with Gasteiger partial charge in [-0.25, -0.2) is 0 Å². The monoisotopic (exact) mass is 445 g/mol. The highest BCUT2D eigenvalue weighted by molar-refractivity contribution is 5.36. The van der Waals surface area contributed by atoms with Crippen LogP contribution in [-0.4, -0.2) is 49.5 Å². The van der Waals surface area contributed by atoms with E-state index in [2.05, 4.69) is 53.4 Å². The zero-order chi connectivity index (χ0) is 22.9. The van der Waals surface area contributed by atoms with Crippen LogP contribution in [-0.2, 0) is 16.8 Å². The molecule has 0 aromatic heterocycles. The number of hydrogen-bond donors (Lipinski definition) is 1. The lowest BCUT2D eigenvalue weighted by molar-refractivity contribution is -0.0279. The number of ether oxygens (including phenoxy) is 2. The molecule has 2 atom stereocenters. The molecule has 4 rings (SSSR count). The van der Waals surface area contributed by atoms with Gasteiger partial charge in [-0.3, -0.25) is 4.90 Å². The van der Waals surface area contributed by atoms with Gasteiger partial charge in [0.25, 0.3) is 0 Å². The fourth-order valence-electron chi connectivity index (χ4n) is 4.77. The van der Waals surface area contributed by atoms with Gasteiger partial charge in [-0.1, -0.05) is 72.8 Å². The maximum Gasteiger partial charge on any atom is 0.119 e. The molecule has 0 aliphatic carbocycles. The first-order chi connectivity index (χ1) is 16.2. The third-order valence-corrected chi connectivity index (χ3v) is 6.63. The average Bonchev–Trinajstić information content (AvgIpc) is 2.88. The third-order valence-electron chi connectivity index (χ3n) is 6.63. The molecule has 174 valence electrons. The summed E-state index contributed by atoms with van der Waals surface area (Å²) < 4.78 is 11.2. The first kappa shape index (κ1) is 23.5. The van der Waals surface area contributed by atoms with Crippen LogP contribution in [0.25, 0.3) is 0 Å². The van der Waals surface area contributed by atoms with Crippen LogP contribution in [0.15, 0.2) is 84.9 Å². The molecule has 1 saturated heterocycles. The minimum absolute atomic E-state index is 0.0709. The summed E-state index contributed by atoms with van der Waals surface area (Å²) in [4.78, 5) is 2.42. The summed E-state index contributed by atoms with van der Waals surface area (Å²) >= 11 is 0. The van der Waals surface area contributed by atoms with Gasteiger partial charge in [0.05, 0.1) is 25.4 Å². The predicted molar refractivity (Wildman–Crippen MR) is 133 cm³/mol. The van der Waals surface area contributed by atoms with E-state index in [0.717, 1.165) is 56.1 Å². The van der Waals surface area contributed by atoms with Crippen LogP contribution in [0.1, 0.15) is 36.0 Å². The second-order valence-electron chi connectivity index (χ2n) is 8.74. The van der Waals surface area contributed by atoms with Gasteiger partial charge in [0.15, 0.2) is 0 Å². The Bertz CT molecular complexity index is 955. The van der Waals surface area contributed by atoms with Crippen LogP contribution >= 0.6 is 0 Å².